The van der Waals surface area contributed by atoms with Crippen molar-refractivity contribution in [1.82, 2.24) is 0 Å². The maximum atomic E-state index is 11.7. The van der Waals surface area contributed by atoms with Crippen molar-refractivity contribution in [3.63, 3.8) is 0 Å². The van der Waals surface area contributed by atoms with Crippen LogP contribution in [0.5, 0.6) is 0 Å². The van der Waals surface area contributed by atoms with Gasteiger partial charge in [0.1, 0.15) is 0 Å². The number of rotatable bonds is 1. The van der Waals surface area contributed by atoms with E-state index in [0.29, 0.717) is 18.4 Å². The molecule has 1 aliphatic carbocycles. The monoisotopic (exact) mass is 194 g/mol. The first kappa shape index (κ1) is 11.2. The van der Waals surface area contributed by atoms with E-state index in [1.807, 2.05) is 27.7 Å². The van der Waals surface area contributed by atoms with Gasteiger partial charge in [-0.3, -0.25) is 9.59 Å². The molecule has 2 heteroatoms. The third-order valence-corrected chi connectivity index (χ3v) is 2.79. The van der Waals surface area contributed by atoms with Crippen LogP contribution in [0, 0.1) is 5.41 Å². The molecular formula is C12H18O2. The molecule has 14 heavy (non-hydrogen) atoms. The van der Waals surface area contributed by atoms with Crippen molar-refractivity contribution in [2.45, 2.75) is 47.0 Å². The molecule has 1 fully saturated rings. The summed E-state index contributed by atoms with van der Waals surface area (Å²) < 4.78 is 0. The van der Waals surface area contributed by atoms with Crippen LogP contribution in [-0.2, 0) is 9.59 Å². The first-order valence-electron chi connectivity index (χ1n) is 5.13. The Balaban J connectivity index is 3.04. The van der Waals surface area contributed by atoms with E-state index in [1.165, 1.54) is 0 Å². The van der Waals surface area contributed by atoms with Gasteiger partial charge in [0, 0.05) is 12.8 Å². The Morgan fingerprint density at radius 2 is 1.64 bits per heavy atom. The van der Waals surface area contributed by atoms with E-state index in [0.717, 1.165) is 12.0 Å². The largest absolute Gasteiger partial charge is 0.294 e. The van der Waals surface area contributed by atoms with Crippen LogP contribution in [0.2, 0.25) is 0 Å². The van der Waals surface area contributed by atoms with Crippen LogP contribution in [0.25, 0.3) is 0 Å². The molecule has 0 aromatic heterocycles. The number of carbonyl (C=O) groups excluding carboxylic acids is 2. The molecule has 0 amide bonds. The number of ketones is 2. The van der Waals surface area contributed by atoms with E-state index in [4.69, 9.17) is 0 Å². The predicted octanol–water partition coefficient (Wildman–Crippen LogP) is 2.67. The number of Topliss-reactive ketones (excluding diaryl/α,β-unsaturated/α-hetero) is 2. The molecule has 1 rings (SSSR count). The highest BCUT2D eigenvalue weighted by molar-refractivity contribution is 6.22. The molecule has 1 saturated carbocycles. The second-order valence-electron chi connectivity index (χ2n) is 4.87. The van der Waals surface area contributed by atoms with Gasteiger partial charge in [0.15, 0.2) is 11.6 Å². The number of allylic oxidation sites excluding steroid dienone is 2. The predicted molar refractivity (Wildman–Crippen MR) is 56.0 cm³/mol. The summed E-state index contributed by atoms with van der Waals surface area (Å²) in [6.45, 7) is 7.80. The van der Waals surface area contributed by atoms with Gasteiger partial charge < -0.3 is 0 Å². The summed E-state index contributed by atoms with van der Waals surface area (Å²) in [5, 5.41) is 0. The van der Waals surface area contributed by atoms with Crippen molar-refractivity contribution in [2.24, 2.45) is 5.41 Å². The second-order valence-corrected chi connectivity index (χ2v) is 4.87. The molecule has 0 aromatic carbocycles. The van der Waals surface area contributed by atoms with Crippen LogP contribution < -0.4 is 0 Å². The molecule has 0 saturated heterocycles. The third kappa shape index (κ3) is 2.11. The lowest BCUT2D eigenvalue weighted by atomic mass is 9.73. The normalized spacial score (nSPS) is 21.3. The lowest BCUT2D eigenvalue weighted by molar-refractivity contribution is -0.127. The zero-order valence-corrected chi connectivity index (χ0v) is 9.44. The fourth-order valence-electron chi connectivity index (χ4n) is 1.92. The standard InChI is InChI=1S/C12H18O2/c1-5-8(2)11-9(13)6-12(3,4)7-10(11)14/h5-7H2,1-4H3. The lowest BCUT2D eigenvalue weighted by Crippen LogP contribution is -2.32. The van der Waals surface area contributed by atoms with E-state index in [2.05, 4.69) is 0 Å². The molecule has 0 aromatic rings. The van der Waals surface area contributed by atoms with E-state index in [-0.39, 0.29) is 17.0 Å². The Bertz CT molecular complexity index is 286. The number of hydrogen-bond acceptors (Lipinski definition) is 2. The molecule has 78 valence electrons. The molecule has 1 aliphatic rings. The Kier molecular flexibility index (Phi) is 2.93. The molecule has 2 nitrogen and oxygen atoms in total. The minimum atomic E-state index is -0.147. The van der Waals surface area contributed by atoms with Crippen molar-refractivity contribution >= 4 is 11.6 Å². The van der Waals surface area contributed by atoms with Gasteiger partial charge in [0.05, 0.1) is 5.57 Å². The molecule has 0 N–H and O–H groups in total. The minimum Gasteiger partial charge on any atom is -0.294 e. The average molecular weight is 194 g/mol. The zero-order valence-electron chi connectivity index (χ0n) is 9.44. The first-order chi connectivity index (χ1) is 6.37. The van der Waals surface area contributed by atoms with E-state index < -0.39 is 0 Å². The highest BCUT2D eigenvalue weighted by atomic mass is 16.1. The van der Waals surface area contributed by atoms with Crippen molar-refractivity contribution in [3.05, 3.63) is 11.1 Å². The summed E-state index contributed by atoms with van der Waals surface area (Å²) in [4.78, 5) is 23.5. The fourth-order valence-corrected chi connectivity index (χ4v) is 1.92. The first-order valence-corrected chi connectivity index (χ1v) is 5.13. The van der Waals surface area contributed by atoms with Crippen LogP contribution in [0.3, 0.4) is 0 Å². The second kappa shape index (κ2) is 3.68. The number of hydrogen-bond donors (Lipinski definition) is 0. The molecule has 0 unspecified atom stereocenters. The van der Waals surface area contributed by atoms with Gasteiger partial charge in [-0.2, -0.15) is 0 Å². The van der Waals surface area contributed by atoms with Crippen LogP contribution in [0.1, 0.15) is 47.0 Å². The highest BCUT2D eigenvalue weighted by Crippen LogP contribution is 2.34. The van der Waals surface area contributed by atoms with Gasteiger partial charge in [-0.15, -0.1) is 0 Å². The fraction of sp³-hybridized carbons (Fsp3) is 0.667. The summed E-state index contributed by atoms with van der Waals surface area (Å²) >= 11 is 0. The number of carbonyl (C=O) groups is 2. The SMILES string of the molecule is CCC(C)=C1C(=O)CC(C)(C)CC1=O. The maximum Gasteiger partial charge on any atom is 0.166 e. The van der Waals surface area contributed by atoms with Gasteiger partial charge in [-0.25, -0.2) is 0 Å². The molecule has 0 aliphatic heterocycles. The quantitative estimate of drug-likeness (QED) is 0.475. The Morgan fingerprint density at radius 1 is 1.21 bits per heavy atom. The van der Waals surface area contributed by atoms with E-state index in [1.54, 1.807) is 0 Å². The van der Waals surface area contributed by atoms with Gasteiger partial charge >= 0.3 is 0 Å². The van der Waals surface area contributed by atoms with Gasteiger partial charge in [0.2, 0.25) is 0 Å². The Morgan fingerprint density at radius 3 is 2.00 bits per heavy atom. The molecule has 0 atom stereocenters. The summed E-state index contributed by atoms with van der Waals surface area (Å²) in [7, 11) is 0. The van der Waals surface area contributed by atoms with Crippen molar-refractivity contribution in [3.8, 4) is 0 Å². The summed E-state index contributed by atoms with van der Waals surface area (Å²) in [5.74, 6) is 0.0659. The molecule has 0 spiro atoms. The zero-order chi connectivity index (χ0) is 10.9. The van der Waals surface area contributed by atoms with E-state index >= 15 is 0 Å². The van der Waals surface area contributed by atoms with E-state index in [9.17, 15) is 9.59 Å². The smallest absolute Gasteiger partial charge is 0.166 e. The minimum absolute atomic E-state index is 0.0330. The van der Waals surface area contributed by atoms with Crippen LogP contribution in [0.4, 0.5) is 0 Å². The van der Waals surface area contributed by atoms with Gasteiger partial charge in [-0.1, -0.05) is 26.3 Å². The molecular weight excluding hydrogens is 176 g/mol. The van der Waals surface area contributed by atoms with Crippen molar-refractivity contribution < 1.29 is 9.59 Å². The molecule has 0 heterocycles. The van der Waals surface area contributed by atoms with Crippen molar-refractivity contribution in [1.29, 1.82) is 0 Å². The Labute approximate surface area is 85.4 Å². The molecule has 0 bridgehead atoms. The average Bonchev–Trinajstić information content (AvgIpc) is 1.99. The van der Waals surface area contributed by atoms with Crippen molar-refractivity contribution in [2.75, 3.05) is 0 Å². The van der Waals surface area contributed by atoms with Crippen LogP contribution in [0.15, 0.2) is 11.1 Å². The highest BCUT2D eigenvalue weighted by Gasteiger charge is 2.36. The summed E-state index contributed by atoms with van der Waals surface area (Å²) in [6.07, 6.45) is 1.80. The van der Waals surface area contributed by atoms with Crippen LogP contribution in [-0.4, -0.2) is 11.6 Å². The van der Waals surface area contributed by atoms with Gasteiger partial charge in [-0.05, 0) is 18.8 Å². The maximum absolute atomic E-state index is 11.7. The molecule has 0 radical (unpaired) electrons. The summed E-state index contributed by atoms with van der Waals surface area (Å²) in [6, 6.07) is 0. The third-order valence-electron chi connectivity index (χ3n) is 2.79. The van der Waals surface area contributed by atoms with Gasteiger partial charge in [0.25, 0.3) is 0 Å². The Hall–Kier alpha value is -0.920. The summed E-state index contributed by atoms with van der Waals surface area (Å²) in [5.41, 5.74) is 1.27. The topological polar surface area (TPSA) is 34.1 Å². The van der Waals surface area contributed by atoms with Crippen LogP contribution >= 0.6 is 0 Å². The lowest BCUT2D eigenvalue weighted by Gasteiger charge is -2.29.